The van der Waals surface area contributed by atoms with Crippen molar-refractivity contribution in [1.82, 2.24) is 0 Å². The highest BCUT2D eigenvalue weighted by Crippen LogP contribution is 2.46. The summed E-state index contributed by atoms with van der Waals surface area (Å²) < 4.78 is 11.9. The fraction of sp³-hybridized carbons (Fsp3) is 0.118. The van der Waals surface area contributed by atoms with Gasteiger partial charge >= 0.3 is 0 Å². The van der Waals surface area contributed by atoms with Crippen LogP contribution in [-0.2, 0) is 10.5 Å². The number of hydrogen-bond donors (Lipinski definition) is 0. The minimum Gasteiger partial charge on any atom is -0.453 e. The number of carbonyl (C=O) groups is 1. The molecule has 0 saturated carbocycles. The van der Waals surface area contributed by atoms with E-state index in [1.54, 1.807) is 12.1 Å². The third kappa shape index (κ3) is 1.41. The van der Waals surface area contributed by atoms with E-state index in [0.29, 0.717) is 23.5 Å². The highest BCUT2D eigenvalue weighted by Gasteiger charge is 2.50. The number of ether oxygens (including phenoxy) is 2. The van der Waals surface area contributed by atoms with E-state index in [9.17, 15) is 4.79 Å². The van der Waals surface area contributed by atoms with Gasteiger partial charge in [-0.25, -0.2) is 0 Å². The van der Waals surface area contributed by atoms with E-state index in [4.69, 9.17) is 9.47 Å². The molecule has 0 spiro atoms. The molecule has 20 heavy (non-hydrogen) atoms. The molecule has 0 amide bonds. The zero-order chi connectivity index (χ0) is 13.6. The first kappa shape index (κ1) is 11.4. The van der Waals surface area contributed by atoms with Gasteiger partial charge < -0.3 is 9.47 Å². The van der Waals surface area contributed by atoms with Gasteiger partial charge in [0.1, 0.15) is 5.75 Å². The second-order valence-electron chi connectivity index (χ2n) is 4.84. The van der Waals surface area contributed by atoms with Gasteiger partial charge in [-0.15, -0.1) is 0 Å². The molecule has 0 aliphatic carbocycles. The van der Waals surface area contributed by atoms with Gasteiger partial charge in [0, 0.05) is 5.56 Å². The third-order valence-corrected chi connectivity index (χ3v) is 3.71. The Balaban J connectivity index is 1.94. The summed E-state index contributed by atoms with van der Waals surface area (Å²) in [6.07, 6.45) is 1.81. The Labute approximate surface area is 116 Å². The lowest BCUT2D eigenvalue weighted by molar-refractivity contribution is -0.141. The molecule has 0 bridgehead atoms. The molecule has 0 saturated heterocycles. The Bertz CT molecular complexity index is 718. The fourth-order valence-electron chi connectivity index (χ4n) is 2.78. The van der Waals surface area contributed by atoms with Gasteiger partial charge in [-0.05, 0) is 18.2 Å². The maximum Gasteiger partial charge on any atom is 0.268 e. The quantitative estimate of drug-likeness (QED) is 0.794. The van der Waals surface area contributed by atoms with Crippen molar-refractivity contribution < 1.29 is 14.3 Å². The second-order valence-corrected chi connectivity index (χ2v) is 4.84. The van der Waals surface area contributed by atoms with Gasteiger partial charge in [-0.3, -0.25) is 4.79 Å². The molecule has 0 radical (unpaired) electrons. The van der Waals surface area contributed by atoms with Crippen LogP contribution in [0.2, 0.25) is 0 Å². The van der Waals surface area contributed by atoms with Crippen molar-refractivity contribution in [2.24, 2.45) is 0 Å². The summed E-state index contributed by atoms with van der Waals surface area (Å²) in [5.74, 6) is -0.541. The highest BCUT2D eigenvalue weighted by molar-refractivity contribution is 6.13. The van der Waals surface area contributed by atoms with Crippen LogP contribution in [0.3, 0.4) is 0 Å². The normalized spacial score (nSPS) is 23.6. The molecule has 0 N–H and O–H groups in total. The van der Waals surface area contributed by atoms with Crippen molar-refractivity contribution in [2.45, 2.75) is 5.79 Å². The predicted molar refractivity (Wildman–Crippen MR) is 73.6 cm³/mol. The van der Waals surface area contributed by atoms with Gasteiger partial charge in [0.15, 0.2) is 5.78 Å². The van der Waals surface area contributed by atoms with Crippen molar-refractivity contribution in [2.75, 3.05) is 6.61 Å². The van der Waals surface area contributed by atoms with E-state index >= 15 is 0 Å². The van der Waals surface area contributed by atoms with E-state index < -0.39 is 5.79 Å². The van der Waals surface area contributed by atoms with Crippen LogP contribution in [-0.4, -0.2) is 12.4 Å². The summed E-state index contributed by atoms with van der Waals surface area (Å²) in [5, 5.41) is 0. The van der Waals surface area contributed by atoms with E-state index in [1.807, 2.05) is 48.5 Å². The zero-order valence-electron chi connectivity index (χ0n) is 10.7. The highest BCUT2D eigenvalue weighted by atomic mass is 16.7. The Kier molecular flexibility index (Phi) is 2.32. The summed E-state index contributed by atoms with van der Waals surface area (Å²) in [6, 6.07) is 16.9. The number of benzene rings is 2. The first-order valence-electron chi connectivity index (χ1n) is 6.54. The summed E-state index contributed by atoms with van der Waals surface area (Å²) in [6.45, 7) is 0.379. The molecule has 2 aliphatic rings. The van der Waals surface area contributed by atoms with E-state index in [-0.39, 0.29) is 5.78 Å². The van der Waals surface area contributed by atoms with Crippen LogP contribution >= 0.6 is 0 Å². The standard InChI is InChI=1S/C17H12O3/c18-16-13-8-4-5-9-15(13)20-17(14(16)10-11-19-17)12-6-2-1-3-7-12/h1-10H,11H2. The Morgan fingerprint density at radius 3 is 2.55 bits per heavy atom. The average molecular weight is 264 g/mol. The van der Waals surface area contributed by atoms with Crippen molar-refractivity contribution in [3.05, 3.63) is 77.4 Å². The smallest absolute Gasteiger partial charge is 0.268 e. The monoisotopic (exact) mass is 264 g/mol. The molecule has 3 heteroatoms. The number of para-hydroxylation sites is 1. The largest absolute Gasteiger partial charge is 0.453 e. The second kappa shape index (κ2) is 4.05. The van der Waals surface area contributed by atoms with Crippen molar-refractivity contribution in [3.8, 4) is 5.75 Å². The van der Waals surface area contributed by atoms with Crippen LogP contribution in [0.5, 0.6) is 5.75 Å². The average Bonchev–Trinajstić information content (AvgIpc) is 2.94. The van der Waals surface area contributed by atoms with Crippen molar-refractivity contribution >= 4 is 5.78 Å². The van der Waals surface area contributed by atoms with Gasteiger partial charge in [-0.1, -0.05) is 42.5 Å². The van der Waals surface area contributed by atoms with E-state index in [2.05, 4.69) is 0 Å². The summed E-state index contributed by atoms with van der Waals surface area (Å²) in [7, 11) is 0. The van der Waals surface area contributed by atoms with Crippen LogP contribution in [0.15, 0.2) is 66.2 Å². The Morgan fingerprint density at radius 2 is 1.70 bits per heavy atom. The molecular formula is C17H12O3. The first-order chi connectivity index (χ1) is 9.81. The van der Waals surface area contributed by atoms with Gasteiger partial charge in [0.05, 0.1) is 17.7 Å². The zero-order valence-corrected chi connectivity index (χ0v) is 10.7. The summed E-state index contributed by atoms with van der Waals surface area (Å²) in [4.78, 5) is 12.6. The Hall–Kier alpha value is -2.39. The number of ketones is 1. The number of fused-ring (bicyclic) bond motifs is 2. The molecule has 4 rings (SSSR count). The number of hydrogen-bond acceptors (Lipinski definition) is 3. The van der Waals surface area contributed by atoms with Crippen LogP contribution in [0.1, 0.15) is 15.9 Å². The number of rotatable bonds is 1. The van der Waals surface area contributed by atoms with Gasteiger partial charge in [-0.2, -0.15) is 0 Å². The lowest BCUT2D eigenvalue weighted by Gasteiger charge is -2.36. The third-order valence-electron chi connectivity index (χ3n) is 3.71. The molecule has 1 unspecified atom stereocenters. The molecule has 3 nitrogen and oxygen atoms in total. The maximum absolute atomic E-state index is 12.6. The first-order valence-corrected chi connectivity index (χ1v) is 6.54. The minimum absolute atomic E-state index is 0.0202. The Morgan fingerprint density at radius 1 is 0.950 bits per heavy atom. The maximum atomic E-state index is 12.6. The molecule has 1 atom stereocenters. The van der Waals surface area contributed by atoms with E-state index in [1.165, 1.54) is 0 Å². The fourth-order valence-corrected chi connectivity index (χ4v) is 2.78. The summed E-state index contributed by atoms with van der Waals surface area (Å²) in [5.41, 5.74) is 2.00. The molecule has 0 aromatic heterocycles. The van der Waals surface area contributed by atoms with Gasteiger partial charge in [0.2, 0.25) is 0 Å². The lowest BCUT2D eigenvalue weighted by Crippen LogP contribution is -2.41. The molecule has 0 fully saturated rings. The lowest BCUT2D eigenvalue weighted by atomic mass is 9.89. The van der Waals surface area contributed by atoms with Gasteiger partial charge in [0.25, 0.3) is 5.79 Å². The summed E-state index contributed by atoms with van der Waals surface area (Å²) >= 11 is 0. The molecular weight excluding hydrogens is 252 g/mol. The van der Waals surface area contributed by atoms with Crippen LogP contribution in [0.4, 0.5) is 0 Å². The number of carbonyl (C=O) groups excluding carboxylic acids is 1. The van der Waals surface area contributed by atoms with Crippen LogP contribution in [0.25, 0.3) is 0 Å². The number of Topliss-reactive ketones (excluding diaryl/α,β-unsaturated/α-hetero) is 1. The van der Waals surface area contributed by atoms with E-state index in [0.717, 1.165) is 5.56 Å². The molecule has 2 aromatic rings. The predicted octanol–water partition coefficient (Wildman–Crippen LogP) is 3.07. The molecule has 98 valence electrons. The molecule has 2 heterocycles. The molecule has 2 aromatic carbocycles. The van der Waals surface area contributed by atoms with Crippen LogP contribution in [0, 0.1) is 0 Å². The SMILES string of the molecule is O=C1C2=CCOC2(c2ccccc2)Oc2ccccc21. The van der Waals surface area contributed by atoms with Crippen LogP contribution < -0.4 is 4.74 Å². The van der Waals surface area contributed by atoms with Crippen molar-refractivity contribution in [3.63, 3.8) is 0 Å². The minimum atomic E-state index is -1.09. The topological polar surface area (TPSA) is 35.5 Å². The van der Waals surface area contributed by atoms with Crippen molar-refractivity contribution in [1.29, 1.82) is 0 Å². The molecule has 2 aliphatic heterocycles.